The molecule has 2 fully saturated rings. The lowest BCUT2D eigenvalue weighted by molar-refractivity contribution is -0.153. The van der Waals surface area contributed by atoms with Crippen LogP contribution in [-0.4, -0.2) is 62.3 Å². The van der Waals surface area contributed by atoms with Gasteiger partial charge in [0.15, 0.2) is 6.61 Å². The molecule has 0 bridgehead atoms. The molecule has 9 heteroatoms. The van der Waals surface area contributed by atoms with Crippen molar-refractivity contribution >= 4 is 33.5 Å². The van der Waals surface area contributed by atoms with Crippen LogP contribution in [0, 0.1) is 5.92 Å². The van der Waals surface area contributed by atoms with Gasteiger partial charge in [-0.15, -0.1) is 0 Å². The minimum atomic E-state index is -3.62. The summed E-state index contributed by atoms with van der Waals surface area (Å²) >= 11 is 5.81. The van der Waals surface area contributed by atoms with Crippen molar-refractivity contribution in [1.82, 2.24) is 9.21 Å². The zero-order valence-electron chi connectivity index (χ0n) is 15.7. The van der Waals surface area contributed by atoms with E-state index in [1.807, 2.05) is 0 Å². The van der Waals surface area contributed by atoms with E-state index in [0.717, 1.165) is 25.7 Å². The number of carbonyl (C=O) groups is 2. The van der Waals surface area contributed by atoms with Gasteiger partial charge in [0, 0.05) is 37.6 Å². The van der Waals surface area contributed by atoms with Gasteiger partial charge in [0.2, 0.25) is 10.0 Å². The highest BCUT2D eigenvalue weighted by Crippen LogP contribution is 2.27. The van der Waals surface area contributed by atoms with Crippen LogP contribution in [0.1, 0.15) is 32.1 Å². The van der Waals surface area contributed by atoms with Gasteiger partial charge in [0.05, 0.1) is 4.90 Å². The lowest BCUT2D eigenvalue weighted by atomic mass is 10.0. The number of hydrogen-bond donors (Lipinski definition) is 0. The number of halogens is 1. The molecule has 0 atom stereocenters. The summed E-state index contributed by atoms with van der Waals surface area (Å²) in [6.45, 7) is 0.659. The first-order valence-corrected chi connectivity index (χ1v) is 11.4. The topological polar surface area (TPSA) is 84.0 Å². The molecule has 28 heavy (non-hydrogen) atoms. The van der Waals surface area contributed by atoms with Crippen LogP contribution in [0.4, 0.5) is 0 Å². The first kappa shape index (κ1) is 21.1. The van der Waals surface area contributed by atoms with Crippen molar-refractivity contribution in [2.45, 2.75) is 37.0 Å². The number of hydrogen-bond acceptors (Lipinski definition) is 5. The van der Waals surface area contributed by atoms with Crippen molar-refractivity contribution in [2.24, 2.45) is 5.92 Å². The Bertz CT molecular complexity index is 798. The molecule has 1 aromatic rings. The SMILES string of the molecule is O=C(CC1CCCC1)OCC(=O)N1CCN(S(=O)(=O)c2ccc(Cl)cc2)CC1. The van der Waals surface area contributed by atoms with Gasteiger partial charge >= 0.3 is 5.97 Å². The predicted molar refractivity (Wildman–Crippen MR) is 104 cm³/mol. The average Bonchev–Trinajstić information content (AvgIpc) is 3.19. The first-order valence-electron chi connectivity index (χ1n) is 9.55. The van der Waals surface area contributed by atoms with Crippen LogP contribution >= 0.6 is 11.6 Å². The van der Waals surface area contributed by atoms with Crippen LogP contribution in [0.15, 0.2) is 29.2 Å². The highest BCUT2D eigenvalue weighted by Gasteiger charge is 2.30. The van der Waals surface area contributed by atoms with Gasteiger partial charge < -0.3 is 9.64 Å². The van der Waals surface area contributed by atoms with Crippen LogP contribution in [-0.2, 0) is 24.3 Å². The summed E-state index contributed by atoms with van der Waals surface area (Å²) in [5, 5.41) is 0.469. The van der Waals surface area contributed by atoms with E-state index in [1.165, 1.54) is 33.5 Å². The maximum atomic E-state index is 12.7. The average molecular weight is 429 g/mol. The fourth-order valence-corrected chi connectivity index (χ4v) is 5.22. The summed E-state index contributed by atoms with van der Waals surface area (Å²) in [6.07, 6.45) is 4.78. The summed E-state index contributed by atoms with van der Waals surface area (Å²) in [5.74, 6) is -0.239. The van der Waals surface area contributed by atoms with E-state index in [2.05, 4.69) is 0 Å². The quantitative estimate of drug-likeness (QED) is 0.649. The Kier molecular flexibility index (Phi) is 6.95. The van der Waals surface area contributed by atoms with Gasteiger partial charge in [-0.05, 0) is 43.0 Å². The molecule has 7 nitrogen and oxygen atoms in total. The van der Waals surface area contributed by atoms with Gasteiger partial charge in [0.25, 0.3) is 5.91 Å². The number of piperazine rings is 1. The second-order valence-electron chi connectivity index (χ2n) is 7.25. The molecular formula is C19H25ClN2O5S. The molecule has 0 spiro atoms. The Morgan fingerprint density at radius 2 is 1.64 bits per heavy atom. The molecule has 3 rings (SSSR count). The first-order chi connectivity index (χ1) is 13.4. The number of ether oxygens (including phenoxy) is 1. The summed E-state index contributed by atoms with van der Waals surface area (Å²) in [4.78, 5) is 25.8. The molecule has 0 unspecified atom stereocenters. The van der Waals surface area contributed by atoms with E-state index in [-0.39, 0.29) is 49.6 Å². The van der Waals surface area contributed by atoms with Gasteiger partial charge in [-0.2, -0.15) is 4.31 Å². The normalized spacial score (nSPS) is 19.0. The van der Waals surface area contributed by atoms with Crippen LogP contribution < -0.4 is 0 Å². The fourth-order valence-electron chi connectivity index (χ4n) is 3.68. The summed E-state index contributed by atoms with van der Waals surface area (Å²) in [7, 11) is -3.62. The Labute approximate surface area is 170 Å². The Morgan fingerprint density at radius 1 is 1.04 bits per heavy atom. The molecule has 1 amide bonds. The van der Waals surface area contributed by atoms with Gasteiger partial charge in [0.1, 0.15) is 0 Å². The Balaban J connectivity index is 1.45. The molecule has 0 aromatic heterocycles. The van der Waals surface area contributed by atoms with Crippen LogP contribution in [0.25, 0.3) is 0 Å². The molecule has 2 aliphatic rings. The Hall–Kier alpha value is -1.64. The highest BCUT2D eigenvalue weighted by atomic mass is 35.5. The second kappa shape index (κ2) is 9.24. The number of carbonyl (C=O) groups excluding carboxylic acids is 2. The monoisotopic (exact) mass is 428 g/mol. The second-order valence-corrected chi connectivity index (χ2v) is 9.63. The molecule has 1 saturated carbocycles. The zero-order valence-corrected chi connectivity index (χ0v) is 17.3. The van der Waals surface area contributed by atoms with Crippen molar-refractivity contribution in [3.05, 3.63) is 29.3 Å². The van der Waals surface area contributed by atoms with E-state index in [1.54, 1.807) is 0 Å². The van der Waals surface area contributed by atoms with E-state index in [4.69, 9.17) is 16.3 Å². The van der Waals surface area contributed by atoms with E-state index >= 15 is 0 Å². The fraction of sp³-hybridized carbons (Fsp3) is 0.579. The third-order valence-electron chi connectivity index (χ3n) is 5.33. The third kappa shape index (κ3) is 5.24. The predicted octanol–water partition coefficient (Wildman–Crippen LogP) is 2.30. The van der Waals surface area contributed by atoms with E-state index < -0.39 is 10.0 Å². The van der Waals surface area contributed by atoms with Crippen LogP contribution in [0.5, 0.6) is 0 Å². The van der Waals surface area contributed by atoms with E-state index in [0.29, 0.717) is 17.4 Å². The number of nitrogens with zero attached hydrogens (tertiary/aromatic N) is 2. The van der Waals surface area contributed by atoms with Gasteiger partial charge in [-0.25, -0.2) is 8.42 Å². The number of benzene rings is 1. The third-order valence-corrected chi connectivity index (χ3v) is 7.49. The van der Waals surface area contributed by atoms with Gasteiger partial charge in [-0.3, -0.25) is 9.59 Å². The van der Waals surface area contributed by atoms with Gasteiger partial charge in [-0.1, -0.05) is 24.4 Å². The summed E-state index contributed by atoms with van der Waals surface area (Å²) < 4.78 is 31.8. The number of amides is 1. The summed E-state index contributed by atoms with van der Waals surface area (Å²) in [6, 6.07) is 6.01. The van der Waals surface area contributed by atoms with Crippen LogP contribution in [0.2, 0.25) is 5.02 Å². The molecule has 154 valence electrons. The molecule has 1 heterocycles. The van der Waals surface area contributed by atoms with Crippen molar-refractivity contribution < 1.29 is 22.7 Å². The standard InChI is InChI=1S/C19H25ClN2O5S/c20-16-5-7-17(8-6-16)28(25,26)22-11-9-21(10-12-22)18(23)14-27-19(24)13-15-3-1-2-4-15/h5-8,15H,1-4,9-14H2. The highest BCUT2D eigenvalue weighted by molar-refractivity contribution is 7.89. The molecule has 1 saturated heterocycles. The smallest absolute Gasteiger partial charge is 0.306 e. The largest absolute Gasteiger partial charge is 0.456 e. The molecule has 1 aliphatic heterocycles. The van der Waals surface area contributed by atoms with Crippen LogP contribution in [0.3, 0.4) is 0 Å². The lowest BCUT2D eigenvalue weighted by Crippen LogP contribution is -2.51. The minimum Gasteiger partial charge on any atom is -0.456 e. The van der Waals surface area contributed by atoms with Crippen molar-refractivity contribution in [1.29, 1.82) is 0 Å². The number of esters is 1. The lowest BCUT2D eigenvalue weighted by Gasteiger charge is -2.33. The number of rotatable bonds is 6. The maximum Gasteiger partial charge on any atom is 0.306 e. The molecule has 0 radical (unpaired) electrons. The molecule has 1 aromatic carbocycles. The van der Waals surface area contributed by atoms with Crippen molar-refractivity contribution in [3.63, 3.8) is 0 Å². The van der Waals surface area contributed by atoms with E-state index in [9.17, 15) is 18.0 Å². The minimum absolute atomic E-state index is 0.178. The zero-order chi connectivity index (χ0) is 20.1. The molecular weight excluding hydrogens is 404 g/mol. The Morgan fingerprint density at radius 3 is 2.25 bits per heavy atom. The maximum absolute atomic E-state index is 12.7. The summed E-state index contributed by atoms with van der Waals surface area (Å²) in [5.41, 5.74) is 0. The molecule has 1 aliphatic carbocycles. The molecule has 0 N–H and O–H groups in total. The van der Waals surface area contributed by atoms with Crippen molar-refractivity contribution in [3.8, 4) is 0 Å². The van der Waals surface area contributed by atoms with Crippen molar-refractivity contribution in [2.75, 3.05) is 32.8 Å². The number of sulfonamides is 1.